The second-order valence-electron chi connectivity index (χ2n) is 4.84. The van der Waals surface area contributed by atoms with Crippen molar-refractivity contribution in [2.75, 3.05) is 11.9 Å². The minimum atomic E-state index is -4.46. The zero-order valence-electron chi connectivity index (χ0n) is 10.9. The molecule has 2 heterocycles. The second-order valence-corrected chi connectivity index (χ2v) is 5.64. The lowest BCUT2D eigenvalue weighted by atomic mass is 10.2. The van der Waals surface area contributed by atoms with Crippen LogP contribution >= 0.6 is 12.0 Å². The molecule has 21 heavy (non-hydrogen) atoms. The number of hydrogen-bond acceptors (Lipinski definition) is 5. The van der Waals surface area contributed by atoms with Gasteiger partial charge in [0.2, 0.25) is 5.88 Å². The normalized spacial score (nSPS) is 15.2. The van der Waals surface area contributed by atoms with E-state index in [-0.39, 0.29) is 5.88 Å². The number of anilines is 1. The first kappa shape index (κ1) is 14.2. The number of halogens is 3. The summed E-state index contributed by atoms with van der Waals surface area (Å²) in [4.78, 5) is 8.09. The van der Waals surface area contributed by atoms with Crippen molar-refractivity contribution in [3.8, 4) is 5.88 Å². The quantitative estimate of drug-likeness (QED) is 0.845. The highest BCUT2D eigenvalue weighted by Crippen LogP contribution is 2.34. The van der Waals surface area contributed by atoms with Gasteiger partial charge in [-0.15, -0.1) is 0 Å². The van der Waals surface area contributed by atoms with Crippen molar-refractivity contribution < 1.29 is 17.4 Å². The molecule has 0 unspecified atom stereocenters. The summed E-state index contributed by atoms with van der Waals surface area (Å²) in [6, 6.07) is 3.22. The van der Waals surface area contributed by atoms with Crippen molar-refractivity contribution >= 4 is 28.6 Å². The summed E-state index contributed by atoms with van der Waals surface area (Å²) >= 11 is -0.574. The van der Waals surface area contributed by atoms with Gasteiger partial charge in [0.05, 0.1) is 0 Å². The van der Waals surface area contributed by atoms with E-state index in [9.17, 15) is 13.2 Å². The van der Waals surface area contributed by atoms with Crippen LogP contribution in [0.25, 0.3) is 10.8 Å². The van der Waals surface area contributed by atoms with E-state index < -0.39 is 17.6 Å². The number of nitrogens with one attached hydrogen (secondary N) is 1. The molecule has 2 aromatic heterocycles. The standard InChI is InChI=1S/C13H12F3N3OS/c14-13(15,16)21-20-11-5-10-9(7-18-11)3-4-17-12(10)19-6-8-1-2-8/h3-5,7-8H,1-2,6H2,(H,17,19). The summed E-state index contributed by atoms with van der Waals surface area (Å²) < 4.78 is 41.0. The van der Waals surface area contributed by atoms with Crippen molar-refractivity contribution in [1.82, 2.24) is 9.97 Å². The first-order valence-corrected chi connectivity index (χ1v) is 7.16. The molecule has 1 fully saturated rings. The predicted molar refractivity (Wildman–Crippen MR) is 75.0 cm³/mol. The fourth-order valence-electron chi connectivity index (χ4n) is 1.89. The molecule has 112 valence electrons. The van der Waals surface area contributed by atoms with Crippen LogP contribution in [0.5, 0.6) is 5.88 Å². The molecule has 1 aliphatic rings. The fraction of sp³-hybridized carbons (Fsp3) is 0.385. The van der Waals surface area contributed by atoms with Crippen LogP contribution in [-0.2, 0) is 0 Å². The van der Waals surface area contributed by atoms with E-state index in [0.29, 0.717) is 17.1 Å². The van der Waals surface area contributed by atoms with Crippen molar-refractivity contribution in [2.45, 2.75) is 18.3 Å². The van der Waals surface area contributed by atoms with Crippen molar-refractivity contribution in [2.24, 2.45) is 5.92 Å². The summed E-state index contributed by atoms with van der Waals surface area (Å²) in [6.45, 7) is 0.821. The molecule has 1 saturated carbocycles. The van der Waals surface area contributed by atoms with E-state index in [2.05, 4.69) is 19.5 Å². The largest absolute Gasteiger partial charge is 0.479 e. The Labute approximate surface area is 123 Å². The Kier molecular flexibility index (Phi) is 3.79. The highest BCUT2D eigenvalue weighted by molar-refractivity contribution is 7.95. The molecule has 0 aliphatic heterocycles. The topological polar surface area (TPSA) is 47.0 Å². The van der Waals surface area contributed by atoms with Gasteiger partial charge in [-0.2, -0.15) is 13.2 Å². The number of hydrogen-bond donors (Lipinski definition) is 1. The maximum Gasteiger partial charge on any atom is 0.479 e. The molecule has 1 N–H and O–H groups in total. The highest BCUT2D eigenvalue weighted by atomic mass is 32.2. The van der Waals surface area contributed by atoms with Gasteiger partial charge in [0.25, 0.3) is 0 Å². The number of fused-ring (bicyclic) bond motifs is 1. The molecule has 2 aromatic rings. The van der Waals surface area contributed by atoms with Crippen LogP contribution in [0, 0.1) is 5.92 Å². The summed E-state index contributed by atoms with van der Waals surface area (Å²) in [7, 11) is 0. The lowest BCUT2D eigenvalue weighted by Crippen LogP contribution is -2.06. The van der Waals surface area contributed by atoms with Crippen molar-refractivity contribution in [3.63, 3.8) is 0 Å². The van der Waals surface area contributed by atoms with Crippen LogP contribution in [0.2, 0.25) is 0 Å². The van der Waals surface area contributed by atoms with E-state index in [0.717, 1.165) is 11.9 Å². The Balaban J connectivity index is 1.81. The Morgan fingerprint density at radius 1 is 1.33 bits per heavy atom. The van der Waals surface area contributed by atoms with E-state index >= 15 is 0 Å². The molecule has 0 aromatic carbocycles. The van der Waals surface area contributed by atoms with Gasteiger partial charge in [-0.25, -0.2) is 9.97 Å². The third-order valence-electron chi connectivity index (χ3n) is 3.10. The minimum Gasteiger partial charge on any atom is -0.397 e. The monoisotopic (exact) mass is 315 g/mol. The smallest absolute Gasteiger partial charge is 0.397 e. The molecule has 3 rings (SSSR count). The second kappa shape index (κ2) is 5.59. The molecule has 4 nitrogen and oxygen atoms in total. The van der Waals surface area contributed by atoms with Gasteiger partial charge < -0.3 is 9.50 Å². The maximum atomic E-state index is 12.1. The lowest BCUT2D eigenvalue weighted by molar-refractivity contribution is -0.0370. The van der Waals surface area contributed by atoms with Crippen LogP contribution in [0.15, 0.2) is 24.5 Å². The lowest BCUT2D eigenvalue weighted by Gasteiger charge is -2.10. The van der Waals surface area contributed by atoms with Gasteiger partial charge in [-0.3, -0.25) is 0 Å². The van der Waals surface area contributed by atoms with E-state index in [1.165, 1.54) is 25.1 Å². The summed E-state index contributed by atoms with van der Waals surface area (Å²) in [6.07, 6.45) is 5.53. The zero-order chi connectivity index (χ0) is 14.9. The molecule has 0 saturated heterocycles. The third kappa shape index (κ3) is 3.90. The molecule has 1 aliphatic carbocycles. The van der Waals surface area contributed by atoms with Crippen LogP contribution < -0.4 is 9.50 Å². The molecule has 8 heteroatoms. The van der Waals surface area contributed by atoms with E-state index in [1.807, 2.05) is 0 Å². The van der Waals surface area contributed by atoms with Gasteiger partial charge in [-0.05, 0) is 24.8 Å². The number of pyridine rings is 2. The number of alkyl halides is 3. The van der Waals surface area contributed by atoms with E-state index in [4.69, 9.17) is 0 Å². The van der Waals surface area contributed by atoms with Gasteiger partial charge in [0.15, 0.2) is 12.0 Å². The number of aromatic nitrogens is 2. The van der Waals surface area contributed by atoms with Gasteiger partial charge in [-0.1, -0.05) is 0 Å². The summed E-state index contributed by atoms with van der Waals surface area (Å²) in [5.74, 6) is 1.22. The molecule has 0 bridgehead atoms. The average Bonchev–Trinajstić information content (AvgIpc) is 3.26. The zero-order valence-corrected chi connectivity index (χ0v) is 11.7. The number of nitrogens with zero attached hydrogens (tertiary/aromatic N) is 2. The van der Waals surface area contributed by atoms with Gasteiger partial charge >= 0.3 is 5.51 Å². The van der Waals surface area contributed by atoms with Crippen LogP contribution in [0.4, 0.5) is 19.0 Å². The summed E-state index contributed by atoms with van der Waals surface area (Å²) in [5, 5.41) is 4.72. The van der Waals surface area contributed by atoms with Crippen LogP contribution in [-0.4, -0.2) is 22.0 Å². The van der Waals surface area contributed by atoms with Gasteiger partial charge in [0, 0.05) is 35.8 Å². The van der Waals surface area contributed by atoms with Crippen LogP contribution in [0.1, 0.15) is 12.8 Å². The fourth-order valence-corrected chi connectivity index (χ4v) is 2.16. The van der Waals surface area contributed by atoms with Gasteiger partial charge in [0.1, 0.15) is 5.82 Å². The Morgan fingerprint density at radius 2 is 2.14 bits per heavy atom. The Hall–Kier alpha value is -1.70. The average molecular weight is 315 g/mol. The van der Waals surface area contributed by atoms with Crippen LogP contribution in [0.3, 0.4) is 0 Å². The summed E-state index contributed by atoms with van der Waals surface area (Å²) in [5.41, 5.74) is -4.46. The highest BCUT2D eigenvalue weighted by Gasteiger charge is 2.31. The van der Waals surface area contributed by atoms with Crippen molar-refractivity contribution in [1.29, 1.82) is 0 Å². The molecule has 0 spiro atoms. The molecular formula is C13H12F3N3OS. The Morgan fingerprint density at radius 3 is 2.86 bits per heavy atom. The van der Waals surface area contributed by atoms with E-state index in [1.54, 1.807) is 12.3 Å². The SMILES string of the molecule is FC(F)(F)SOc1cc2c(NCC3CC3)nccc2cn1. The maximum absolute atomic E-state index is 12.1. The first-order valence-electron chi connectivity index (χ1n) is 6.42. The molecule has 0 atom stereocenters. The Bertz CT molecular complexity index is 646. The number of rotatable bonds is 5. The third-order valence-corrected chi connectivity index (χ3v) is 3.54. The molecule has 0 amide bonds. The first-order chi connectivity index (χ1) is 10.0. The molecular weight excluding hydrogens is 303 g/mol. The predicted octanol–water partition coefficient (Wildman–Crippen LogP) is 4.00. The minimum absolute atomic E-state index is 0.0905. The van der Waals surface area contributed by atoms with Crippen molar-refractivity contribution in [3.05, 3.63) is 24.5 Å². The molecule has 0 radical (unpaired) electrons.